The molecule has 2 rings (SSSR count). The molecule has 0 saturated heterocycles. The Morgan fingerprint density at radius 3 is 2.44 bits per heavy atom. The van der Waals surface area contributed by atoms with Crippen LogP contribution in [0.4, 0.5) is 0 Å². The highest BCUT2D eigenvalue weighted by atomic mass is 16.5. The highest BCUT2D eigenvalue weighted by molar-refractivity contribution is 5.85. The molecule has 2 aliphatic carbocycles. The van der Waals surface area contributed by atoms with Gasteiger partial charge in [-0.2, -0.15) is 0 Å². The molecule has 4 nitrogen and oxygen atoms in total. The van der Waals surface area contributed by atoms with Crippen LogP contribution in [0.3, 0.4) is 0 Å². The van der Waals surface area contributed by atoms with E-state index < -0.39 is 5.92 Å². The van der Waals surface area contributed by atoms with E-state index in [0.717, 1.165) is 6.42 Å². The summed E-state index contributed by atoms with van der Waals surface area (Å²) in [6, 6.07) is 0. The molecule has 0 aromatic heterocycles. The third-order valence-electron chi connectivity index (χ3n) is 3.86. The maximum absolute atomic E-state index is 11.8. The van der Waals surface area contributed by atoms with Crippen LogP contribution in [0.2, 0.25) is 0 Å². The Balaban J connectivity index is 2.34. The van der Waals surface area contributed by atoms with Crippen molar-refractivity contribution in [2.45, 2.75) is 13.3 Å². The van der Waals surface area contributed by atoms with Crippen LogP contribution >= 0.6 is 0 Å². The number of fused-ring (bicyclic) bond motifs is 2. The lowest BCUT2D eigenvalue weighted by Gasteiger charge is -2.29. The van der Waals surface area contributed by atoms with Crippen molar-refractivity contribution in [2.24, 2.45) is 23.2 Å². The summed E-state index contributed by atoms with van der Waals surface area (Å²) < 4.78 is 9.57. The van der Waals surface area contributed by atoms with Gasteiger partial charge >= 0.3 is 11.9 Å². The largest absolute Gasteiger partial charge is 0.469 e. The van der Waals surface area contributed by atoms with E-state index in [1.807, 2.05) is 19.1 Å². The Morgan fingerprint density at radius 1 is 1.25 bits per heavy atom. The summed E-state index contributed by atoms with van der Waals surface area (Å²) in [7, 11) is 2.71. The third kappa shape index (κ3) is 1.36. The smallest absolute Gasteiger partial charge is 0.310 e. The SMILES string of the molecule is COC(=O)[C@H]1[C@H]2C=C[C@](C)(C2)[C@H]1C(=O)OC. The average molecular weight is 224 g/mol. The fourth-order valence-electron chi connectivity index (χ4n) is 3.11. The zero-order valence-electron chi connectivity index (χ0n) is 9.73. The first kappa shape index (κ1) is 11.2. The highest BCUT2D eigenvalue weighted by Crippen LogP contribution is 2.56. The van der Waals surface area contributed by atoms with Gasteiger partial charge in [0.1, 0.15) is 0 Å². The van der Waals surface area contributed by atoms with Crippen LogP contribution in [-0.2, 0) is 19.1 Å². The van der Waals surface area contributed by atoms with E-state index >= 15 is 0 Å². The lowest BCUT2D eigenvalue weighted by Crippen LogP contribution is -2.38. The maximum atomic E-state index is 11.8. The van der Waals surface area contributed by atoms with E-state index in [1.165, 1.54) is 14.2 Å². The van der Waals surface area contributed by atoms with Crippen molar-refractivity contribution >= 4 is 11.9 Å². The van der Waals surface area contributed by atoms with Gasteiger partial charge in [-0.15, -0.1) is 0 Å². The van der Waals surface area contributed by atoms with E-state index in [9.17, 15) is 9.59 Å². The van der Waals surface area contributed by atoms with Gasteiger partial charge in [0.05, 0.1) is 26.1 Å². The Labute approximate surface area is 94.6 Å². The monoisotopic (exact) mass is 224 g/mol. The van der Waals surface area contributed by atoms with Crippen molar-refractivity contribution < 1.29 is 19.1 Å². The number of esters is 2. The van der Waals surface area contributed by atoms with Crippen LogP contribution in [0.15, 0.2) is 12.2 Å². The predicted molar refractivity (Wildman–Crippen MR) is 56.4 cm³/mol. The molecule has 4 atom stereocenters. The molecule has 2 aliphatic rings. The molecule has 0 aromatic carbocycles. The van der Waals surface area contributed by atoms with Crippen LogP contribution < -0.4 is 0 Å². The Hall–Kier alpha value is -1.32. The van der Waals surface area contributed by atoms with E-state index in [1.54, 1.807) is 0 Å². The molecule has 1 saturated carbocycles. The van der Waals surface area contributed by atoms with Gasteiger partial charge in [0.15, 0.2) is 0 Å². The van der Waals surface area contributed by atoms with E-state index in [2.05, 4.69) is 0 Å². The molecule has 16 heavy (non-hydrogen) atoms. The van der Waals surface area contributed by atoms with Gasteiger partial charge in [0, 0.05) is 5.41 Å². The summed E-state index contributed by atoms with van der Waals surface area (Å²) in [5, 5.41) is 0. The summed E-state index contributed by atoms with van der Waals surface area (Å²) in [6.45, 7) is 1.99. The van der Waals surface area contributed by atoms with Gasteiger partial charge in [-0.05, 0) is 12.3 Å². The molecule has 2 bridgehead atoms. The molecule has 1 fully saturated rings. The van der Waals surface area contributed by atoms with Crippen LogP contribution in [0.1, 0.15) is 13.3 Å². The quantitative estimate of drug-likeness (QED) is 0.521. The predicted octanol–water partition coefficient (Wildman–Crippen LogP) is 1.16. The fourth-order valence-corrected chi connectivity index (χ4v) is 3.11. The number of rotatable bonds is 2. The van der Waals surface area contributed by atoms with Gasteiger partial charge in [-0.1, -0.05) is 19.1 Å². The first-order valence-electron chi connectivity index (χ1n) is 5.38. The second-order valence-corrected chi connectivity index (χ2v) is 4.78. The molecule has 0 aliphatic heterocycles. The Morgan fingerprint density at radius 2 is 1.88 bits per heavy atom. The lowest BCUT2D eigenvalue weighted by molar-refractivity contribution is -0.159. The molecule has 0 N–H and O–H groups in total. The third-order valence-corrected chi connectivity index (χ3v) is 3.86. The first-order valence-corrected chi connectivity index (χ1v) is 5.38. The van der Waals surface area contributed by atoms with Crippen molar-refractivity contribution in [1.29, 1.82) is 0 Å². The second kappa shape index (κ2) is 3.61. The Kier molecular flexibility index (Phi) is 2.52. The molecule has 0 aromatic rings. The summed E-state index contributed by atoms with van der Waals surface area (Å²) in [6.07, 6.45) is 4.87. The molecule has 0 heterocycles. The van der Waals surface area contributed by atoms with Gasteiger partial charge in [0.25, 0.3) is 0 Å². The maximum Gasteiger partial charge on any atom is 0.310 e. The molecule has 4 heteroatoms. The molecular formula is C12H16O4. The zero-order chi connectivity index (χ0) is 11.9. The van der Waals surface area contributed by atoms with E-state index in [4.69, 9.17) is 9.47 Å². The number of hydrogen-bond donors (Lipinski definition) is 0. The standard InChI is InChI=1S/C12H16O4/c1-12-5-4-7(6-12)8(10(13)15-2)9(12)11(14)16-3/h4-5,7-9H,6H2,1-3H3/t7-,8-,9+,12+/m0/s1. The average Bonchev–Trinajstić information content (AvgIpc) is 2.79. The minimum Gasteiger partial charge on any atom is -0.469 e. The van der Waals surface area contributed by atoms with Crippen LogP contribution in [-0.4, -0.2) is 26.2 Å². The van der Waals surface area contributed by atoms with Crippen LogP contribution in [0, 0.1) is 23.2 Å². The molecule has 0 spiro atoms. The van der Waals surface area contributed by atoms with Gasteiger partial charge in [0.2, 0.25) is 0 Å². The summed E-state index contributed by atoms with van der Waals surface area (Å²) in [5.74, 6) is -1.30. The molecular weight excluding hydrogens is 208 g/mol. The summed E-state index contributed by atoms with van der Waals surface area (Å²) >= 11 is 0. The highest BCUT2D eigenvalue weighted by Gasteiger charge is 2.59. The van der Waals surface area contributed by atoms with Crippen molar-refractivity contribution in [3.05, 3.63) is 12.2 Å². The van der Waals surface area contributed by atoms with E-state index in [-0.39, 0.29) is 29.2 Å². The number of hydrogen-bond acceptors (Lipinski definition) is 4. The minimum absolute atomic E-state index is 0.113. The molecule has 0 amide bonds. The summed E-state index contributed by atoms with van der Waals surface area (Å²) in [5.41, 5.74) is -0.253. The number of carbonyl (C=O) groups is 2. The first-order chi connectivity index (χ1) is 7.53. The van der Waals surface area contributed by atoms with Crippen molar-refractivity contribution in [1.82, 2.24) is 0 Å². The lowest BCUT2D eigenvalue weighted by atomic mass is 9.75. The fraction of sp³-hybridized carbons (Fsp3) is 0.667. The topological polar surface area (TPSA) is 52.6 Å². The molecule has 0 unspecified atom stereocenters. The van der Waals surface area contributed by atoms with Crippen molar-refractivity contribution in [3.63, 3.8) is 0 Å². The van der Waals surface area contributed by atoms with Crippen molar-refractivity contribution in [2.75, 3.05) is 14.2 Å². The number of allylic oxidation sites excluding steroid dienone is 2. The summed E-state index contributed by atoms with van der Waals surface area (Å²) in [4.78, 5) is 23.5. The van der Waals surface area contributed by atoms with Gasteiger partial charge in [-0.25, -0.2) is 0 Å². The number of ether oxygens (including phenoxy) is 2. The normalized spacial score (nSPS) is 39.8. The van der Waals surface area contributed by atoms with Crippen molar-refractivity contribution in [3.8, 4) is 0 Å². The minimum atomic E-state index is -0.403. The van der Waals surface area contributed by atoms with Crippen LogP contribution in [0.5, 0.6) is 0 Å². The number of carbonyl (C=O) groups excluding carboxylic acids is 2. The van der Waals surface area contributed by atoms with Crippen LogP contribution in [0.25, 0.3) is 0 Å². The molecule has 0 radical (unpaired) electrons. The Bertz CT molecular complexity index is 360. The second-order valence-electron chi connectivity index (χ2n) is 4.78. The zero-order valence-corrected chi connectivity index (χ0v) is 9.73. The van der Waals surface area contributed by atoms with Gasteiger partial charge in [-0.3, -0.25) is 9.59 Å². The number of methoxy groups -OCH3 is 2. The van der Waals surface area contributed by atoms with Gasteiger partial charge < -0.3 is 9.47 Å². The molecule has 88 valence electrons. The van der Waals surface area contributed by atoms with E-state index in [0.29, 0.717) is 0 Å².